The molecule has 0 saturated heterocycles. The van der Waals surface area contributed by atoms with Crippen LogP contribution in [0.2, 0.25) is 0 Å². The highest BCUT2D eigenvalue weighted by atomic mass is 16.5. The van der Waals surface area contributed by atoms with Gasteiger partial charge in [-0.1, -0.05) is 0 Å². The van der Waals surface area contributed by atoms with Gasteiger partial charge in [0.05, 0.1) is 5.56 Å². The molecule has 0 aliphatic carbocycles. The van der Waals surface area contributed by atoms with E-state index in [1.165, 1.54) is 18.3 Å². The Bertz CT molecular complexity index is 375. The summed E-state index contributed by atoms with van der Waals surface area (Å²) in [5.74, 6) is -1.08. The molecule has 0 spiro atoms. The van der Waals surface area contributed by atoms with E-state index in [0.29, 0.717) is 12.4 Å². The molecule has 1 amide bonds. The number of aromatic nitrogens is 1. The zero-order valence-electron chi connectivity index (χ0n) is 8.77. The van der Waals surface area contributed by atoms with Crippen LogP contribution in [0, 0.1) is 0 Å². The number of nitrogens with one attached hydrogen (secondary N) is 1. The predicted octanol–water partition coefficient (Wildman–Crippen LogP) is 0.755. The molecule has 1 aromatic rings. The number of nitrogens with zero attached hydrogens (tertiary/aromatic N) is 1. The van der Waals surface area contributed by atoms with Crippen LogP contribution in [-0.4, -0.2) is 35.2 Å². The molecule has 0 radical (unpaired) electrons. The number of amides is 1. The molecule has 2 N–H and O–H groups in total. The molecule has 86 valence electrons. The largest absolute Gasteiger partial charge is 0.478 e. The number of ether oxygens (including phenoxy) is 1. The highest BCUT2D eigenvalue weighted by molar-refractivity contribution is 5.91. The normalized spacial score (nSPS) is 9.81. The van der Waals surface area contributed by atoms with E-state index in [1.54, 1.807) is 6.92 Å². The fourth-order valence-electron chi connectivity index (χ4n) is 0.968. The Kier molecular flexibility index (Phi) is 4.41. The first-order valence-electron chi connectivity index (χ1n) is 4.70. The second-order valence-electron chi connectivity index (χ2n) is 2.92. The Morgan fingerprint density at radius 3 is 2.75 bits per heavy atom. The summed E-state index contributed by atoms with van der Waals surface area (Å²) in [4.78, 5) is 25.5. The molecule has 0 bridgehead atoms. The predicted molar refractivity (Wildman–Crippen MR) is 56.3 cm³/mol. The summed E-state index contributed by atoms with van der Waals surface area (Å²) in [7, 11) is 0. The fourth-order valence-corrected chi connectivity index (χ4v) is 0.968. The van der Waals surface area contributed by atoms with E-state index < -0.39 is 5.97 Å². The molecule has 16 heavy (non-hydrogen) atoms. The SMILES string of the molecule is CCOCC(=O)Nc1ccc(C(=O)O)cn1. The Morgan fingerprint density at radius 2 is 2.25 bits per heavy atom. The minimum Gasteiger partial charge on any atom is -0.478 e. The quantitative estimate of drug-likeness (QED) is 0.770. The topological polar surface area (TPSA) is 88.5 Å². The van der Waals surface area contributed by atoms with Crippen LogP contribution >= 0.6 is 0 Å². The molecule has 0 aliphatic heterocycles. The molecule has 1 aromatic heterocycles. The van der Waals surface area contributed by atoms with Crippen LogP contribution in [0.15, 0.2) is 18.3 Å². The summed E-state index contributed by atoms with van der Waals surface area (Å²) in [5, 5.41) is 11.1. The summed E-state index contributed by atoms with van der Waals surface area (Å²) >= 11 is 0. The van der Waals surface area contributed by atoms with Crippen molar-refractivity contribution < 1.29 is 19.4 Å². The maximum absolute atomic E-state index is 11.2. The van der Waals surface area contributed by atoms with Gasteiger partial charge in [-0.25, -0.2) is 9.78 Å². The number of carbonyl (C=O) groups is 2. The molecular weight excluding hydrogens is 212 g/mol. The average molecular weight is 224 g/mol. The first-order chi connectivity index (χ1) is 7.63. The Balaban J connectivity index is 2.55. The molecule has 0 aromatic carbocycles. The van der Waals surface area contributed by atoms with Crippen molar-refractivity contribution >= 4 is 17.7 Å². The second kappa shape index (κ2) is 5.82. The molecule has 1 rings (SSSR count). The number of carboxylic acids is 1. The minimum atomic E-state index is -1.06. The third-order valence-electron chi connectivity index (χ3n) is 1.72. The second-order valence-corrected chi connectivity index (χ2v) is 2.92. The van der Waals surface area contributed by atoms with E-state index in [2.05, 4.69) is 10.3 Å². The number of hydrogen-bond donors (Lipinski definition) is 2. The van der Waals surface area contributed by atoms with Gasteiger partial charge in [-0.05, 0) is 19.1 Å². The van der Waals surface area contributed by atoms with Crippen molar-refractivity contribution in [1.29, 1.82) is 0 Å². The van der Waals surface area contributed by atoms with Crippen LogP contribution in [0.4, 0.5) is 5.82 Å². The molecular formula is C10H12N2O4. The maximum atomic E-state index is 11.2. The molecule has 0 unspecified atom stereocenters. The van der Waals surface area contributed by atoms with E-state index in [0.717, 1.165) is 0 Å². The molecule has 0 saturated carbocycles. The van der Waals surface area contributed by atoms with Gasteiger partial charge >= 0.3 is 5.97 Å². The van der Waals surface area contributed by atoms with Crippen molar-refractivity contribution in [1.82, 2.24) is 4.98 Å². The molecule has 1 heterocycles. The molecule has 6 heteroatoms. The highest BCUT2D eigenvalue weighted by Crippen LogP contribution is 2.04. The van der Waals surface area contributed by atoms with Crippen molar-refractivity contribution in [2.45, 2.75) is 6.92 Å². The van der Waals surface area contributed by atoms with Gasteiger partial charge in [0.15, 0.2) is 0 Å². The summed E-state index contributed by atoms with van der Waals surface area (Å²) in [5.41, 5.74) is 0.0720. The fraction of sp³-hybridized carbons (Fsp3) is 0.300. The minimum absolute atomic E-state index is 0.0428. The van der Waals surface area contributed by atoms with E-state index in [9.17, 15) is 9.59 Å². The lowest BCUT2D eigenvalue weighted by Crippen LogP contribution is -2.18. The number of carbonyl (C=O) groups excluding carboxylic acids is 1. The number of carboxylic acid groups (broad SMARTS) is 1. The standard InChI is InChI=1S/C10H12N2O4/c1-2-16-6-9(13)12-8-4-3-7(5-11-8)10(14)15/h3-5H,2,6H2,1H3,(H,14,15)(H,11,12,13). The van der Waals surface area contributed by atoms with Crippen LogP contribution < -0.4 is 5.32 Å². The van der Waals surface area contributed by atoms with E-state index in [-0.39, 0.29) is 18.1 Å². The zero-order valence-corrected chi connectivity index (χ0v) is 8.77. The van der Waals surface area contributed by atoms with Crippen molar-refractivity contribution in [2.24, 2.45) is 0 Å². The zero-order chi connectivity index (χ0) is 12.0. The van der Waals surface area contributed by atoms with Gasteiger partial charge in [-0.15, -0.1) is 0 Å². The van der Waals surface area contributed by atoms with Crippen molar-refractivity contribution in [3.05, 3.63) is 23.9 Å². The van der Waals surface area contributed by atoms with Crippen LogP contribution in [0.1, 0.15) is 17.3 Å². The molecule has 6 nitrogen and oxygen atoms in total. The molecule has 0 atom stereocenters. The van der Waals surface area contributed by atoms with Gasteiger partial charge in [0.25, 0.3) is 5.91 Å². The molecule has 0 fully saturated rings. The first kappa shape index (κ1) is 12.1. The van der Waals surface area contributed by atoms with Crippen LogP contribution in [0.5, 0.6) is 0 Å². The van der Waals surface area contributed by atoms with Gasteiger partial charge in [-0.3, -0.25) is 4.79 Å². The van der Waals surface area contributed by atoms with Gasteiger partial charge in [0, 0.05) is 12.8 Å². The number of anilines is 1. The Morgan fingerprint density at radius 1 is 1.50 bits per heavy atom. The van der Waals surface area contributed by atoms with Crippen LogP contribution in [0.3, 0.4) is 0 Å². The average Bonchev–Trinajstić information content (AvgIpc) is 2.27. The van der Waals surface area contributed by atoms with Gasteiger partial charge < -0.3 is 15.2 Å². The van der Waals surface area contributed by atoms with Crippen LogP contribution in [0.25, 0.3) is 0 Å². The van der Waals surface area contributed by atoms with E-state index in [4.69, 9.17) is 9.84 Å². The lowest BCUT2D eigenvalue weighted by molar-refractivity contribution is -0.120. The summed E-state index contributed by atoms with van der Waals surface area (Å²) in [6.45, 7) is 2.20. The summed E-state index contributed by atoms with van der Waals surface area (Å²) in [6.07, 6.45) is 1.18. The number of pyridine rings is 1. The lowest BCUT2D eigenvalue weighted by atomic mass is 10.3. The number of aromatic carboxylic acids is 1. The van der Waals surface area contributed by atoms with Crippen molar-refractivity contribution in [2.75, 3.05) is 18.5 Å². The smallest absolute Gasteiger partial charge is 0.337 e. The first-order valence-corrected chi connectivity index (χ1v) is 4.70. The monoisotopic (exact) mass is 224 g/mol. The van der Waals surface area contributed by atoms with Gasteiger partial charge in [0.2, 0.25) is 0 Å². The van der Waals surface area contributed by atoms with E-state index in [1.807, 2.05) is 0 Å². The number of hydrogen-bond acceptors (Lipinski definition) is 4. The van der Waals surface area contributed by atoms with Crippen molar-refractivity contribution in [3.8, 4) is 0 Å². The number of rotatable bonds is 5. The summed E-state index contributed by atoms with van der Waals surface area (Å²) in [6, 6.07) is 2.79. The van der Waals surface area contributed by atoms with Crippen LogP contribution in [-0.2, 0) is 9.53 Å². The van der Waals surface area contributed by atoms with Gasteiger partial charge in [0.1, 0.15) is 12.4 Å². The maximum Gasteiger partial charge on any atom is 0.337 e. The lowest BCUT2D eigenvalue weighted by Gasteiger charge is -2.04. The third kappa shape index (κ3) is 3.66. The Labute approximate surface area is 92.3 Å². The van der Waals surface area contributed by atoms with Gasteiger partial charge in [-0.2, -0.15) is 0 Å². The highest BCUT2D eigenvalue weighted by Gasteiger charge is 2.05. The van der Waals surface area contributed by atoms with Crippen molar-refractivity contribution in [3.63, 3.8) is 0 Å². The van der Waals surface area contributed by atoms with E-state index >= 15 is 0 Å². The summed E-state index contributed by atoms with van der Waals surface area (Å²) < 4.78 is 4.90. The molecule has 0 aliphatic rings. The Hall–Kier alpha value is -1.95. The third-order valence-corrected chi connectivity index (χ3v) is 1.72.